The first-order valence-electron chi connectivity index (χ1n) is 6.59. The molecule has 0 bridgehead atoms. The van der Waals surface area contributed by atoms with Crippen LogP contribution in [0.1, 0.15) is 58.3 Å². The molecule has 0 aromatic heterocycles. The van der Waals surface area contributed by atoms with Crippen LogP contribution in [0.4, 0.5) is 0 Å². The highest BCUT2D eigenvalue weighted by atomic mass is 16.1. The average molecular weight is 233 g/mol. The SMILES string of the molecule is CCCCCCCCC1=CC=C([C]=O)C(=O)C1. The number of carbonyl (C=O) groups is 1. The van der Waals surface area contributed by atoms with E-state index in [-0.39, 0.29) is 11.4 Å². The Kier molecular flexibility index (Phi) is 6.53. The summed E-state index contributed by atoms with van der Waals surface area (Å²) in [5.74, 6) is -0.0801. The molecule has 0 amide bonds. The van der Waals surface area contributed by atoms with E-state index in [0.29, 0.717) is 6.42 Å². The first-order chi connectivity index (χ1) is 8.27. The predicted molar refractivity (Wildman–Crippen MR) is 69.5 cm³/mol. The van der Waals surface area contributed by atoms with E-state index < -0.39 is 0 Å². The van der Waals surface area contributed by atoms with Gasteiger partial charge in [-0.3, -0.25) is 9.59 Å². The minimum atomic E-state index is -0.0801. The molecule has 0 saturated carbocycles. The van der Waals surface area contributed by atoms with Gasteiger partial charge in [0.25, 0.3) is 0 Å². The Morgan fingerprint density at radius 2 is 1.82 bits per heavy atom. The van der Waals surface area contributed by atoms with E-state index in [4.69, 9.17) is 0 Å². The van der Waals surface area contributed by atoms with Crippen LogP contribution in [-0.4, -0.2) is 12.1 Å². The summed E-state index contributed by atoms with van der Waals surface area (Å²) in [7, 11) is 0. The Bertz CT molecular complexity index is 324. The number of unbranched alkanes of at least 4 members (excludes halogenated alkanes) is 5. The molecule has 2 nitrogen and oxygen atoms in total. The number of hydrogen-bond donors (Lipinski definition) is 0. The fraction of sp³-hybridized carbons (Fsp3) is 0.600. The molecule has 2 heteroatoms. The highest BCUT2D eigenvalue weighted by Gasteiger charge is 2.15. The number of rotatable bonds is 8. The van der Waals surface area contributed by atoms with Crippen molar-refractivity contribution in [3.05, 3.63) is 23.3 Å². The lowest BCUT2D eigenvalue weighted by atomic mass is 9.94. The molecule has 0 saturated heterocycles. The summed E-state index contributed by atoms with van der Waals surface area (Å²) in [6, 6.07) is 0. The van der Waals surface area contributed by atoms with E-state index in [1.807, 2.05) is 6.08 Å². The van der Waals surface area contributed by atoms with E-state index in [0.717, 1.165) is 18.4 Å². The second kappa shape index (κ2) is 7.99. The van der Waals surface area contributed by atoms with Crippen molar-refractivity contribution in [1.29, 1.82) is 0 Å². The smallest absolute Gasteiger partial charge is 0.237 e. The molecule has 0 aliphatic heterocycles. The van der Waals surface area contributed by atoms with Gasteiger partial charge in [-0.1, -0.05) is 50.7 Å². The summed E-state index contributed by atoms with van der Waals surface area (Å²) < 4.78 is 0. The van der Waals surface area contributed by atoms with Crippen molar-refractivity contribution in [2.45, 2.75) is 58.3 Å². The molecule has 0 aromatic carbocycles. The molecule has 1 rings (SSSR count). The lowest BCUT2D eigenvalue weighted by Crippen LogP contribution is -2.08. The number of Topliss-reactive ketones (excluding diaryl/α,β-unsaturated/α-hetero) is 1. The Balaban J connectivity index is 2.20. The van der Waals surface area contributed by atoms with Gasteiger partial charge in [0.05, 0.1) is 5.57 Å². The van der Waals surface area contributed by atoms with E-state index in [9.17, 15) is 9.59 Å². The summed E-state index contributed by atoms with van der Waals surface area (Å²) in [6.07, 6.45) is 14.2. The topological polar surface area (TPSA) is 34.1 Å². The lowest BCUT2D eigenvalue weighted by Gasteiger charge is -2.10. The lowest BCUT2D eigenvalue weighted by molar-refractivity contribution is -0.114. The molecule has 0 atom stereocenters. The second-order valence-electron chi connectivity index (χ2n) is 4.63. The average Bonchev–Trinajstić information content (AvgIpc) is 2.34. The summed E-state index contributed by atoms with van der Waals surface area (Å²) in [5, 5.41) is 0. The van der Waals surface area contributed by atoms with Crippen molar-refractivity contribution < 1.29 is 9.59 Å². The molecule has 0 N–H and O–H groups in total. The molecule has 0 aromatic rings. The fourth-order valence-electron chi connectivity index (χ4n) is 2.05. The third-order valence-electron chi connectivity index (χ3n) is 3.14. The van der Waals surface area contributed by atoms with Crippen molar-refractivity contribution in [1.82, 2.24) is 0 Å². The highest BCUT2D eigenvalue weighted by Crippen LogP contribution is 2.20. The van der Waals surface area contributed by atoms with Gasteiger partial charge in [-0.25, -0.2) is 0 Å². The van der Waals surface area contributed by atoms with E-state index >= 15 is 0 Å². The normalized spacial score (nSPS) is 15.5. The minimum Gasteiger partial charge on any atom is -0.294 e. The maximum atomic E-state index is 11.4. The first kappa shape index (κ1) is 13.9. The van der Waals surface area contributed by atoms with Crippen LogP contribution >= 0.6 is 0 Å². The largest absolute Gasteiger partial charge is 0.294 e. The van der Waals surface area contributed by atoms with Gasteiger partial charge in [-0.05, 0) is 18.9 Å². The zero-order valence-corrected chi connectivity index (χ0v) is 10.6. The zero-order valence-electron chi connectivity index (χ0n) is 10.6. The molecular weight excluding hydrogens is 212 g/mol. The van der Waals surface area contributed by atoms with Crippen LogP contribution in [0.2, 0.25) is 0 Å². The molecule has 1 aliphatic rings. The summed E-state index contributed by atoms with van der Waals surface area (Å²) in [5.41, 5.74) is 1.35. The standard InChI is InChI=1S/C15H21O2/c1-2-3-4-5-6-7-8-13-9-10-14(12-16)15(17)11-13/h9-10H,2-8,11H2,1H3. The number of carbonyl (C=O) groups excluding carboxylic acids is 2. The number of hydrogen-bond acceptors (Lipinski definition) is 2. The van der Waals surface area contributed by atoms with Crippen molar-refractivity contribution >= 4 is 12.1 Å². The van der Waals surface area contributed by atoms with Crippen LogP contribution in [-0.2, 0) is 9.59 Å². The van der Waals surface area contributed by atoms with Gasteiger partial charge in [0.1, 0.15) is 0 Å². The van der Waals surface area contributed by atoms with Crippen molar-refractivity contribution in [2.24, 2.45) is 0 Å². The zero-order chi connectivity index (χ0) is 12.5. The monoisotopic (exact) mass is 233 g/mol. The number of ketones is 1. The van der Waals surface area contributed by atoms with Gasteiger partial charge >= 0.3 is 0 Å². The summed E-state index contributed by atoms with van der Waals surface area (Å²) >= 11 is 0. The van der Waals surface area contributed by atoms with Crippen LogP contribution in [0.5, 0.6) is 0 Å². The van der Waals surface area contributed by atoms with Gasteiger partial charge < -0.3 is 0 Å². The van der Waals surface area contributed by atoms with Crippen LogP contribution in [0, 0.1) is 0 Å². The van der Waals surface area contributed by atoms with E-state index in [1.54, 1.807) is 12.4 Å². The molecular formula is C15H21O2. The molecule has 17 heavy (non-hydrogen) atoms. The van der Waals surface area contributed by atoms with Gasteiger partial charge in [0.2, 0.25) is 6.29 Å². The minimum absolute atomic E-state index is 0.0801. The van der Waals surface area contributed by atoms with Gasteiger partial charge in [-0.15, -0.1) is 0 Å². The van der Waals surface area contributed by atoms with Crippen LogP contribution < -0.4 is 0 Å². The van der Waals surface area contributed by atoms with Crippen molar-refractivity contribution in [2.75, 3.05) is 0 Å². The maximum Gasteiger partial charge on any atom is 0.237 e. The molecule has 1 radical (unpaired) electrons. The first-order valence-corrected chi connectivity index (χ1v) is 6.59. The molecule has 0 unspecified atom stereocenters. The van der Waals surface area contributed by atoms with Crippen molar-refractivity contribution in [3.63, 3.8) is 0 Å². The highest BCUT2D eigenvalue weighted by molar-refractivity contribution is 6.13. The summed E-state index contributed by atoms with van der Waals surface area (Å²) in [6.45, 7) is 2.21. The van der Waals surface area contributed by atoms with Crippen molar-refractivity contribution in [3.8, 4) is 0 Å². The van der Waals surface area contributed by atoms with Crippen LogP contribution in [0.3, 0.4) is 0 Å². The Morgan fingerprint density at radius 1 is 1.12 bits per heavy atom. The third-order valence-corrected chi connectivity index (χ3v) is 3.14. The third kappa shape index (κ3) is 5.12. The molecule has 93 valence electrons. The molecule has 0 heterocycles. The molecule has 0 spiro atoms. The maximum absolute atomic E-state index is 11.4. The number of allylic oxidation sites excluding steroid dienone is 4. The Hall–Kier alpha value is -1.18. The Morgan fingerprint density at radius 3 is 2.47 bits per heavy atom. The van der Waals surface area contributed by atoms with Gasteiger partial charge in [0.15, 0.2) is 5.78 Å². The second-order valence-corrected chi connectivity index (χ2v) is 4.63. The molecule has 1 aliphatic carbocycles. The van der Waals surface area contributed by atoms with Gasteiger partial charge in [0, 0.05) is 6.42 Å². The van der Waals surface area contributed by atoms with E-state index in [1.165, 1.54) is 32.1 Å². The van der Waals surface area contributed by atoms with Gasteiger partial charge in [-0.2, -0.15) is 0 Å². The van der Waals surface area contributed by atoms with E-state index in [2.05, 4.69) is 6.92 Å². The van der Waals surface area contributed by atoms with Crippen LogP contribution in [0.25, 0.3) is 0 Å². The summed E-state index contributed by atoms with van der Waals surface area (Å²) in [4.78, 5) is 21.8. The molecule has 0 fully saturated rings. The fourth-order valence-corrected chi connectivity index (χ4v) is 2.05. The van der Waals surface area contributed by atoms with Crippen LogP contribution in [0.15, 0.2) is 23.3 Å². The Labute approximate surface area is 104 Å². The predicted octanol–water partition coefficient (Wildman–Crippen LogP) is 3.67. The quantitative estimate of drug-likeness (QED) is 0.473.